The molecule has 6 nitrogen and oxygen atoms in total. The molecular weight excluding hydrogens is 415 g/mol. The van der Waals surface area contributed by atoms with E-state index < -0.39 is 7.82 Å². The Hall–Kier alpha value is -0.840. The molecule has 0 bridgehead atoms. The van der Waals surface area contributed by atoms with Crippen LogP contribution < -0.4 is 0 Å². The van der Waals surface area contributed by atoms with Crippen molar-refractivity contribution in [3.63, 3.8) is 0 Å². The Balaban J connectivity index is 1.61. The van der Waals surface area contributed by atoms with E-state index in [0.29, 0.717) is 24.4 Å². The number of carbonyl (C=O) groups is 1. The maximum Gasteiger partial charge on any atom is 0.529 e. The number of unbranched alkanes of at least 4 members (excludes halogenated alkanes) is 12. The number of phosphoric ester groups is 1. The predicted molar refractivity (Wildman–Crippen MR) is 123 cm³/mol. The molecule has 1 fully saturated rings. The fourth-order valence-electron chi connectivity index (χ4n) is 4.07. The highest BCUT2D eigenvalue weighted by Gasteiger charge is 2.43. The molecule has 2 aliphatic heterocycles. The molecule has 0 aromatic rings. The monoisotopic (exact) mass is 458 g/mol. The number of hydrogen-bond acceptors (Lipinski definition) is 6. The molecule has 0 saturated carbocycles. The molecule has 0 amide bonds. The Kier molecular flexibility index (Phi) is 12.8. The molecule has 0 N–H and O–H groups in total. The van der Waals surface area contributed by atoms with E-state index in [1.165, 1.54) is 64.2 Å². The van der Waals surface area contributed by atoms with Crippen LogP contribution in [0.5, 0.6) is 0 Å². The van der Waals surface area contributed by atoms with Crippen LogP contribution in [0.1, 0.15) is 110 Å². The van der Waals surface area contributed by atoms with Gasteiger partial charge in [0.05, 0.1) is 24.7 Å². The fourth-order valence-corrected chi connectivity index (χ4v) is 5.42. The van der Waals surface area contributed by atoms with E-state index in [0.717, 1.165) is 25.7 Å². The third kappa shape index (κ3) is 9.67. The summed E-state index contributed by atoms with van der Waals surface area (Å²) < 4.78 is 34.9. The Morgan fingerprint density at radius 1 is 0.839 bits per heavy atom. The first-order chi connectivity index (χ1) is 15.1. The van der Waals surface area contributed by atoms with E-state index in [9.17, 15) is 9.36 Å². The van der Waals surface area contributed by atoms with Gasteiger partial charge in [0.1, 0.15) is 12.4 Å². The molecular formula is C24H43O6P. The maximum atomic E-state index is 13.0. The van der Waals surface area contributed by atoms with E-state index in [1.54, 1.807) is 0 Å². The molecule has 2 aliphatic rings. The number of fused-ring (bicyclic) bond motifs is 1. The van der Waals surface area contributed by atoms with Crippen molar-refractivity contribution in [1.82, 2.24) is 0 Å². The van der Waals surface area contributed by atoms with Crippen LogP contribution in [0.4, 0.5) is 0 Å². The second-order valence-electron chi connectivity index (χ2n) is 8.79. The minimum atomic E-state index is -3.68. The van der Waals surface area contributed by atoms with Crippen molar-refractivity contribution >= 4 is 13.8 Å². The Morgan fingerprint density at radius 2 is 1.42 bits per heavy atom. The van der Waals surface area contributed by atoms with Crippen LogP contribution in [-0.2, 0) is 27.7 Å². The molecule has 0 aromatic carbocycles. The zero-order chi connectivity index (χ0) is 22.4. The molecule has 0 aromatic heterocycles. The van der Waals surface area contributed by atoms with Gasteiger partial charge in [-0.25, -0.2) is 9.36 Å². The SMILES string of the molecule is CCCCCCCCCCCCCCOP1(=O)OCC2COC(=O)C2=C(CCCC)O1. The van der Waals surface area contributed by atoms with Gasteiger partial charge < -0.3 is 9.26 Å². The van der Waals surface area contributed by atoms with Gasteiger partial charge in [0, 0.05) is 6.42 Å². The van der Waals surface area contributed by atoms with Gasteiger partial charge in [-0.05, 0) is 12.8 Å². The molecule has 0 spiro atoms. The van der Waals surface area contributed by atoms with E-state index in [2.05, 4.69) is 13.8 Å². The van der Waals surface area contributed by atoms with Crippen LogP contribution in [-0.4, -0.2) is 25.8 Å². The van der Waals surface area contributed by atoms with Gasteiger partial charge in [-0.3, -0.25) is 9.05 Å². The van der Waals surface area contributed by atoms with Crippen LogP contribution in [0.3, 0.4) is 0 Å². The summed E-state index contributed by atoms with van der Waals surface area (Å²) in [5, 5.41) is 0. The molecule has 180 valence electrons. The summed E-state index contributed by atoms with van der Waals surface area (Å²) in [6.07, 6.45) is 17.5. The molecule has 0 radical (unpaired) electrons. The first-order valence-corrected chi connectivity index (χ1v) is 14.0. The summed E-state index contributed by atoms with van der Waals surface area (Å²) in [7, 11) is -3.68. The quantitative estimate of drug-likeness (QED) is 0.128. The summed E-state index contributed by atoms with van der Waals surface area (Å²) >= 11 is 0. The van der Waals surface area contributed by atoms with Crippen molar-refractivity contribution in [2.45, 2.75) is 110 Å². The summed E-state index contributed by atoms with van der Waals surface area (Å²) in [5.74, 6) is -0.163. The lowest BCUT2D eigenvalue weighted by molar-refractivity contribution is -0.135. The Morgan fingerprint density at radius 3 is 2.03 bits per heavy atom. The van der Waals surface area contributed by atoms with E-state index >= 15 is 0 Å². The van der Waals surface area contributed by atoms with Crippen molar-refractivity contribution < 1.29 is 27.7 Å². The van der Waals surface area contributed by atoms with Crippen LogP contribution in [0.25, 0.3) is 0 Å². The maximum absolute atomic E-state index is 13.0. The molecule has 31 heavy (non-hydrogen) atoms. The van der Waals surface area contributed by atoms with E-state index in [4.69, 9.17) is 18.3 Å². The van der Waals surface area contributed by atoms with E-state index in [1.807, 2.05) is 0 Å². The van der Waals surface area contributed by atoms with Crippen LogP contribution >= 0.6 is 7.82 Å². The van der Waals surface area contributed by atoms with Gasteiger partial charge in [0.2, 0.25) is 0 Å². The summed E-state index contributed by atoms with van der Waals surface area (Å²) in [4.78, 5) is 12.1. The summed E-state index contributed by atoms with van der Waals surface area (Å²) in [5.41, 5.74) is 0.486. The molecule has 2 unspecified atom stereocenters. The number of cyclic esters (lactones) is 1. The van der Waals surface area contributed by atoms with Gasteiger partial charge in [-0.2, -0.15) is 0 Å². The summed E-state index contributed by atoms with van der Waals surface area (Å²) in [6.45, 7) is 5.05. The Labute approximate surface area is 189 Å². The van der Waals surface area contributed by atoms with Crippen molar-refractivity contribution in [1.29, 1.82) is 0 Å². The first-order valence-electron chi connectivity index (χ1n) is 12.6. The number of rotatable bonds is 17. The number of allylic oxidation sites excluding steroid dienone is 1. The zero-order valence-electron chi connectivity index (χ0n) is 19.7. The molecule has 7 heteroatoms. The highest BCUT2D eigenvalue weighted by molar-refractivity contribution is 7.48. The van der Waals surface area contributed by atoms with Crippen LogP contribution in [0, 0.1) is 5.92 Å². The zero-order valence-corrected chi connectivity index (χ0v) is 20.6. The van der Waals surface area contributed by atoms with Gasteiger partial charge >= 0.3 is 13.8 Å². The molecule has 0 aliphatic carbocycles. The third-order valence-electron chi connectivity index (χ3n) is 6.00. The minimum Gasteiger partial charge on any atom is -0.461 e. The average Bonchev–Trinajstić information content (AvgIpc) is 3.06. The smallest absolute Gasteiger partial charge is 0.461 e. The lowest BCUT2D eigenvalue weighted by atomic mass is 10.00. The minimum absolute atomic E-state index is 0.131. The van der Waals surface area contributed by atoms with Crippen molar-refractivity contribution in [2.75, 3.05) is 19.8 Å². The number of phosphoric acid groups is 1. The topological polar surface area (TPSA) is 71.1 Å². The standard InChI is InChI=1S/C24H43O6P/c1-3-5-7-8-9-10-11-12-13-14-15-16-18-28-31(26)29-20-21-19-27-24(25)23(21)22(30-31)17-6-4-2/h21H,3-20H2,1-2H3. The van der Waals surface area contributed by atoms with E-state index in [-0.39, 0.29) is 25.1 Å². The van der Waals surface area contributed by atoms with Gasteiger partial charge in [-0.15, -0.1) is 0 Å². The predicted octanol–water partition coefficient (Wildman–Crippen LogP) is 7.48. The number of esters is 1. The fraction of sp³-hybridized carbons (Fsp3) is 0.875. The van der Waals surface area contributed by atoms with Crippen molar-refractivity contribution in [3.8, 4) is 0 Å². The van der Waals surface area contributed by atoms with Crippen molar-refractivity contribution in [2.24, 2.45) is 5.92 Å². The number of hydrogen-bond donors (Lipinski definition) is 0. The molecule has 2 heterocycles. The van der Waals surface area contributed by atoms with Crippen LogP contribution in [0.15, 0.2) is 11.3 Å². The molecule has 2 atom stereocenters. The highest BCUT2D eigenvalue weighted by atomic mass is 31.2. The first kappa shape index (κ1) is 26.4. The third-order valence-corrected chi connectivity index (χ3v) is 7.41. The second-order valence-corrected chi connectivity index (χ2v) is 10.4. The normalized spacial score (nSPS) is 23.4. The average molecular weight is 459 g/mol. The lowest BCUT2D eigenvalue weighted by Crippen LogP contribution is -2.10. The lowest BCUT2D eigenvalue weighted by Gasteiger charge is -2.18. The molecule has 1 saturated heterocycles. The highest BCUT2D eigenvalue weighted by Crippen LogP contribution is 2.55. The van der Waals surface area contributed by atoms with Crippen molar-refractivity contribution in [3.05, 3.63) is 11.3 Å². The number of carbonyl (C=O) groups excluding carboxylic acids is 1. The van der Waals surface area contributed by atoms with Gasteiger partial charge in [0.25, 0.3) is 0 Å². The Bertz CT molecular complexity index is 603. The largest absolute Gasteiger partial charge is 0.529 e. The molecule has 2 rings (SSSR count). The van der Waals surface area contributed by atoms with Gasteiger partial charge in [0.15, 0.2) is 0 Å². The second kappa shape index (κ2) is 15.1. The van der Waals surface area contributed by atoms with Gasteiger partial charge in [-0.1, -0.05) is 90.9 Å². The van der Waals surface area contributed by atoms with Crippen LogP contribution in [0.2, 0.25) is 0 Å². The number of ether oxygens (including phenoxy) is 1. The summed E-state index contributed by atoms with van der Waals surface area (Å²) in [6, 6.07) is 0.